The van der Waals surface area contributed by atoms with Crippen molar-refractivity contribution in [1.82, 2.24) is 15.5 Å². The van der Waals surface area contributed by atoms with Crippen LogP contribution < -0.4 is 5.32 Å². The Morgan fingerprint density at radius 1 is 1.46 bits per heavy atom. The lowest BCUT2D eigenvalue weighted by atomic mass is 10.1. The molecule has 0 aliphatic heterocycles. The second-order valence-electron chi connectivity index (χ2n) is 3.96. The van der Waals surface area contributed by atoms with Crippen LogP contribution in [0.2, 0.25) is 0 Å². The Morgan fingerprint density at radius 2 is 2.15 bits per heavy atom. The first-order chi connectivity index (χ1) is 6.09. The summed E-state index contributed by atoms with van der Waals surface area (Å²) in [6.07, 6.45) is 0. The molecule has 1 rings (SSSR count). The maximum Gasteiger partial charge on any atom is 0.0762 e. The molecule has 1 aromatic heterocycles. The summed E-state index contributed by atoms with van der Waals surface area (Å²) in [5.41, 5.74) is 2.21. The Kier molecular flexibility index (Phi) is 3.48. The Morgan fingerprint density at radius 3 is 2.62 bits per heavy atom. The van der Waals surface area contributed by atoms with E-state index in [0.717, 1.165) is 17.9 Å². The molecule has 1 atom stereocenters. The lowest BCUT2D eigenvalue weighted by molar-refractivity contribution is 0.424. The minimum absolute atomic E-state index is 0.539. The van der Waals surface area contributed by atoms with Gasteiger partial charge in [0.05, 0.1) is 5.69 Å². The SMILES string of the molecule is Cc1cc(CNC(C)C(C)C)n[nH]1. The Bertz CT molecular complexity index is 252. The minimum Gasteiger partial charge on any atom is -0.308 e. The molecule has 13 heavy (non-hydrogen) atoms. The average Bonchev–Trinajstić information content (AvgIpc) is 2.47. The molecule has 0 amide bonds. The summed E-state index contributed by atoms with van der Waals surface area (Å²) in [5.74, 6) is 0.667. The van der Waals surface area contributed by atoms with Crippen molar-refractivity contribution < 1.29 is 0 Å². The molecule has 0 radical (unpaired) electrons. The largest absolute Gasteiger partial charge is 0.308 e. The van der Waals surface area contributed by atoms with E-state index in [0.29, 0.717) is 12.0 Å². The molecule has 0 saturated carbocycles. The van der Waals surface area contributed by atoms with Gasteiger partial charge in [-0.1, -0.05) is 13.8 Å². The zero-order valence-electron chi connectivity index (χ0n) is 8.89. The Hall–Kier alpha value is -0.830. The minimum atomic E-state index is 0.539. The maximum absolute atomic E-state index is 4.16. The molecule has 0 bridgehead atoms. The van der Waals surface area contributed by atoms with E-state index >= 15 is 0 Å². The highest BCUT2D eigenvalue weighted by atomic mass is 15.1. The normalized spacial score (nSPS) is 13.6. The molecule has 1 heterocycles. The van der Waals surface area contributed by atoms with Crippen molar-refractivity contribution in [2.45, 2.75) is 40.3 Å². The molecular weight excluding hydrogens is 162 g/mol. The van der Waals surface area contributed by atoms with Gasteiger partial charge in [0.25, 0.3) is 0 Å². The topological polar surface area (TPSA) is 40.7 Å². The summed E-state index contributed by atoms with van der Waals surface area (Å²) in [4.78, 5) is 0. The molecule has 0 spiro atoms. The standard InChI is InChI=1S/C10H19N3/c1-7(2)9(4)11-6-10-5-8(3)12-13-10/h5,7,9,11H,6H2,1-4H3,(H,12,13). The Labute approximate surface area is 79.9 Å². The highest BCUT2D eigenvalue weighted by Gasteiger charge is 2.06. The lowest BCUT2D eigenvalue weighted by Gasteiger charge is -2.16. The molecule has 0 fully saturated rings. The van der Waals surface area contributed by atoms with Gasteiger partial charge < -0.3 is 5.32 Å². The van der Waals surface area contributed by atoms with Gasteiger partial charge in [-0.05, 0) is 25.8 Å². The van der Waals surface area contributed by atoms with E-state index in [1.54, 1.807) is 0 Å². The zero-order chi connectivity index (χ0) is 9.84. The van der Waals surface area contributed by atoms with E-state index in [1.165, 1.54) is 0 Å². The van der Waals surface area contributed by atoms with Crippen LogP contribution in [0.25, 0.3) is 0 Å². The number of aromatic amines is 1. The van der Waals surface area contributed by atoms with Gasteiger partial charge in [-0.2, -0.15) is 5.10 Å². The van der Waals surface area contributed by atoms with Crippen LogP contribution in [-0.2, 0) is 6.54 Å². The fourth-order valence-electron chi connectivity index (χ4n) is 1.07. The first-order valence-corrected chi connectivity index (χ1v) is 4.84. The van der Waals surface area contributed by atoms with Gasteiger partial charge in [0.15, 0.2) is 0 Å². The summed E-state index contributed by atoms with van der Waals surface area (Å²) in [5, 5.41) is 10.5. The lowest BCUT2D eigenvalue weighted by Crippen LogP contribution is -2.30. The summed E-state index contributed by atoms with van der Waals surface area (Å²) in [7, 11) is 0. The summed E-state index contributed by atoms with van der Waals surface area (Å²) in [6, 6.07) is 2.61. The van der Waals surface area contributed by atoms with E-state index in [-0.39, 0.29) is 0 Å². The molecule has 2 N–H and O–H groups in total. The average molecular weight is 181 g/mol. The fraction of sp³-hybridized carbons (Fsp3) is 0.700. The molecule has 3 nitrogen and oxygen atoms in total. The molecule has 1 aromatic rings. The monoisotopic (exact) mass is 181 g/mol. The zero-order valence-corrected chi connectivity index (χ0v) is 8.89. The molecule has 0 aliphatic carbocycles. The van der Waals surface area contributed by atoms with Gasteiger partial charge in [0, 0.05) is 18.3 Å². The van der Waals surface area contributed by atoms with Crippen LogP contribution in [0.15, 0.2) is 6.07 Å². The molecule has 0 aromatic carbocycles. The first kappa shape index (κ1) is 10.3. The van der Waals surface area contributed by atoms with Crippen LogP contribution in [0, 0.1) is 12.8 Å². The molecule has 0 aliphatic rings. The highest BCUT2D eigenvalue weighted by molar-refractivity contribution is 5.06. The number of aromatic nitrogens is 2. The molecule has 0 saturated heterocycles. The number of nitrogens with zero attached hydrogens (tertiary/aromatic N) is 1. The number of hydrogen-bond donors (Lipinski definition) is 2. The van der Waals surface area contributed by atoms with Gasteiger partial charge in [-0.3, -0.25) is 5.10 Å². The van der Waals surface area contributed by atoms with E-state index in [9.17, 15) is 0 Å². The quantitative estimate of drug-likeness (QED) is 0.744. The molecule has 1 unspecified atom stereocenters. The van der Waals surface area contributed by atoms with Gasteiger partial charge in [0.1, 0.15) is 0 Å². The smallest absolute Gasteiger partial charge is 0.0762 e. The number of nitrogens with one attached hydrogen (secondary N) is 2. The van der Waals surface area contributed by atoms with Gasteiger partial charge in [0.2, 0.25) is 0 Å². The van der Waals surface area contributed by atoms with Crippen molar-refractivity contribution >= 4 is 0 Å². The van der Waals surface area contributed by atoms with E-state index in [2.05, 4.69) is 42.4 Å². The van der Waals surface area contributed by atoms with Crippen LogP contribution in [0.1, 0.15) is 32.2 Å². The first-order valence-electron chi connectivity index (χ1n) is 4.84. The summed E-state index contributed by atoms with van der Waals surface area (Å²) < 4.78 is 0. The summed E-state index contributed by atoms with van der Waals surface area (Å²) >= 11 is 0. The summed E-state index contributed by atoms with van der Waals surface area (Å²) in [6.45, 7) is 9.50. The van der Waals surface area contributed by atoms with Crippen LogP contribution in [0.4, 0.5) is 0 Å². The fourth-order valence-corrected chi connectivity index (χ4v) is 1.07. The molecular formula is C10H19N3. The van der Waals surface area contributed by atoms with Crippen LogP contribution in [0.5, 0.6) is 0 Å². The van der Waals surface area contributed by atoms with E-state index < -0.39 is 0 Å². The third kappa shape index (κ3) is 3.19. The van der Waals surface area contributed by atoms with Gasteiger partial charge in [-0.15, -0.1) is 0 Å². The number of hydrogen-bond acceptors (Lipinski definition) is 2. The van der Waals surface area contributed by atoms with Crippen LogP contribution in [-0.4, -0.2) is 16.2 Å². The number of H-pyrrole nitrogens is 1. The van der Waals surface area contributed by atoms with Crippen LogP contribution in [0.3, 0.4) is 0 Å². The van der Waals surface area contributed by atoms with Crippen molar-refractivity contribution in [2.75, 3.05) is 0 Å². The van der Waals surface area contributed by atoms with Crippen LogP contribution >= 0.6 is 0 Å². The number of aryl methyl sites for hydroxylation is 1. The predicted molar refractivity (Wildman–Crippen MR) is 54.5 cm³/mol. The van der Waals surface area contributed by atoms with Crippen molar-refractivity contribution in [2.24, 2.45) is 5.92 Å². The molecule has 3 heteroatoms. The van der Waals surface area contributed by atoms with E-state index in [4.69, 9.17) is 0 Å². The van der Waals surface area contributed by atoms with Crippen molar-refractivity contribution in [3.05, 3.63) is 17.5 Å². The second kappa shape index (κ2) is 4.42. The third-order valence-electron chi connectivity index (χ3n) is 2.36. The van der Waals surface area contributed by atoms with Crippen molar-refractivity contribution in [1.29, 1.82) is 0 Å². The Balaban J connectivity index is 2.35. The third-order valence-corrected chi connectivity index (χ3v) is 2.36. The van der Waals surface area contributed by atoms with E-state index in [1.807, 2.05) is 6.92 Å². The van der Waals surface area contributed by atoms with Crippen molar-refractivity contribution in [3.8, 4) is 0 Å². The van der Waals surface area contributed by atoms with Gasteiger partial charge in [-0.25, -0.2) is 0 Å². The van der Waals surface area contributed by atoms with Crippen molar-refractivity contribution in [3.63, 3.8) is 0 Å². The highest BCUT2D eigenvalue weighted by Crippen LogP contribution is 2.02. The number of rotatable bonds is 4. The predicted octanol–water partition coefficient (Wildman–Crippen LogP) is 1.85. The van der Waals surface area contributed by atoms with Gasteiger partial charge >= 0.3 is 0 Å². The second-order valence-corrected chi connectivity index (χ2v) is 3.96. The maximum atomic E-state index is 4.16. The molecule has 74 valence electrons.